The summed E-state index contributed by atoms with van der Waals surface area (Å²) in [5, 5.41) is 3.29. The van der Waals surface area contributed by atoms with Crippen molar-refractivity contribution in [2.24, 2.45) is 5.92 Å². The molecule has 1 fully saturated rings. The average Bonchev–Trinajstić information content (AvgIpc) is 2.81. The van der Waals surface area contributed by atoms with Gasteiger partial charge in [0.25, 0.3) is 0 Å². The Morgan fingerprint density at radius 3 is 2.47 bits per heavy atom. The van der Waals surface area contributed by atoms with Gasteiger partial charge in [0.05, 0.1) is 6.10 Å². The Kier molecular flexibility index (Phi) is 4.47. The lowest BCUT2D eigenvalue weighted by molar-refractivity contribution is 0.0893. The Morgan fingerprint density at radius 2 is 1.89 bits per heavy atom. The van der Waals surface area contributed by atoms with E-state index in [0.717, 1.165) is 18.6 Å². The Morgan fingerprint density at radius 1 is 1.26 bits per heavy atom. The summed E-state index contributed by atoms with van der Waals surface area (Å²) < 4.78 is 45.0. The first-order chi connectivity index (χ1) is 8.99. The first-order valence-corrected chi connectivity index (χ1v) is 6.48. The standard InChI is InChI=1S/C14H18F3NO/c1-8(2)18-7-9-3-4-19-14(9)10-5-11(15)13(17)12(16)6-10/h5-6,8-9,14,18H,3-4,7H2,1-2H3. The van der Waals surface area contributed by atoms with Gasteiger partial charge in [0.15, 0.2) is 17.5 Å². The fraction of sp³-hybridized carbons (Fsp3) is 0.571. The van der Waals surface area contributed by atoms with E-state index in [-0.39, 0.29) is 12.0 Å². The minimum absolute atomic E-state index is 0.145. The van der Waals surface area contributed by atoms with Crippen LogP contribution in [0.5, 0.6) is 0 Å². The quantitative estimate of drug-likeness (QED) is 0.851. The molecule has 2 nitrogen and oxygen atoms in total. The average molecular weight is 273 g/mol. The van der Waals surface area contributed by atoms with Crippen LogP contribution in [-0.4, -0.2) is 19.2 Å². The first kappa shape index (κ1) is 14.3. The Balaban J connectivity index is 2.15. The fourth-order valence-electron chi connectivity index (χ4n) is 2.34. The molecule has 0 spiro atoms. The first-order valence-electron chi connectivity index (χ1n) is 6.48. The second-order valence-electron chi connectivity index (χ2n) is 5.20. The van der Waals surface area contributed by atoms with Crippen LogP contribution >= 0.6 is 0 Å². The Hall–Kier alpha value is -1.07. The van der Waals surface area contributed by atoms with Crippen molar-refractivity contribution in [1.29, 1.82) is 0 Å². The molecule has 1 N–H and O–H groups in total. The summed E-state index contributed by atoms with van der Waals surface area (Å²) in [6.45, 7) is 5.32. The van der Waals surface area contributed by atoms with Crippen LogP contribution in [0.25, 0.3) is 0 Å². The molecular weight excluding hydrogens is 255 g/mol. The summed E-state index contributed by atoms with van der Waals surface area (Å²) in [5.74, 6) is -3.62. The van der Waals surface area contributed by atoms with Gasteiger partial charge in [-0.25, -0.2) is 13.2 Å². The predicted octanol–water partition coefficient (Wildman–Crippen LogP) is 3.18. The number of nitrogens with one attached hydrogen (secondary N) is 1. The molecule has 2 atom stereocenters. The molecule has 0 radical (unpaired) electrons. The molecule has 1 aromatic rings. The van der Waals surface area contributed by atoms with Crippen molar-refractivity contribution >= 4 is 0 Å². The minimum atomic E-state index is -1.43. The summed E-state index contributed by atoms with van der Waals surface area (Å²) >= 11 is 0. The summed E-state index contributed by atoms with van der Waals surface area (Å²) in [6, 6.07) is 2.39. The zero-order chi connectivity index (χ0) is 14.0. The van der Waals surface area contributed by atoms with Crippen LogP contribution < -0.4 is 5.32 Å². The van der Waals surface area contributed by atoms with Gasteiger partial charge in [0, 0.05) is 25.1 Å². The molecule has 106 valence electrons. The number of halogens is 3. The highest BCUT2D eigenvalue weighted by Gasteiger charge is 2.30. The predicted molar refractivity (Wildman–Crippen MR) is 66.3 cm³/mol. The molecule has 0 saturated carbocycles. The third-order valence-corrected chi connectivity index (χ3v) is 3.34. The van der Waals surface area contributed by atoms with Crippen LogP contribution in [0.15, 0.2) is 12.1 Å². The van der Waals surface area contributed by atoms with E-state index in [0.29, 0.717) is 24.8 Å². The number of hydrogen-bond donors (Lipinski definition) is 1. The van der Waals surface area contributed by atoms with Gasteiger partial charge in [-0.2, -0.15) is 0 Å². The molecule has 0 bridgehead atoms. The highest BCUT2D eigenvalue weighted by molar-refractivity contribution is 5.23. The monoisotopic (exact) mass is 273 g/mol. The maximum atomic E-state index is 13.2. The third-order valence-electron chi connectivity index (χ3n) is 3.34. The molecule has 19 heavy (non-hydrogen) atoms. The molecule has 0 amide bonds. The third kappa shape index (κ3) is 3.28. The van der Waals surface area contributed by atoms with E-state index in [1.54, 1.807) is 0 Å². The maximum absolute atomic E-state index is 13.2. The van der Waals surface area contributed by atoms with Gasteiger partial charge in [0.2, 0.25) is 0 Å². The van der Waals surface area contributed by atoms with Crippen LogP contribution in [0.4, 0.5) is 13.2 Å². The summed E-state index contributed by atoms with van der Waals surface area (Å²) in [7, 11) is 0. The van der Waals surface area contributed by atoms with Gasteiger partial charge in [-0.3, -0.25) is 0 Å². The van der Waals surface area contributed by atoms with E-state index < -0.39 is 17.5 Å². The van der Waals surface area contributed by atoms with Crippen molar-refractivity contribution in [3.8, 4) is 0 Å². The van der Waals surface area contributed by atoms with Gasteiger partial charge in [-0.15, -0.1) is 0 Å². The van der Waals surface area contributed by atoms with Crippen molar-refractivity contribution in [1.82, 2.24) is 5.32 Å². The van der Waals surface area contributed by atoms with Gasteiger partial charge >= 0.3 is 0 Å². The second-order valence-corrected chi connectivity index (χ2v) is 5.20. The lowest BCUT2D eigenvalue weighted by Crippen LogP contribution is -2.30. The van der Waals surface area contributed by atoms with E-state index in [9.17, 15) is 13.2 Å². The molecule has 1 saturated heterocycles. The highest BCUT2D eigenvalue weighted by atomic mass is 19.2. The molecule has 0 aromatic heterocycles. The Labute approximate surface area is 111 Å². The summed E-state index contributed by atoms with van der Waals surface area (Å²) in [4.78, 5) is 0. The maximum Gasteiger partial charge on any atom is 0.194 e. The number of ether oxygens (including phenoxy) is 1. The van der Waals surface area contributed by atoms with E-state index in [1.165, 1.54) is 0 Å². The number of rotatable bonds is 4. The minimum Gasteiger partial charge on any atom is -0.373 e. The van der Waals surface area contributed by atoms with Gasteiger partial charge in [0.1, 0.15) is 0 Å². The van der Waals surface area contributed by atoms with Crippen LogP contribution in [0.2, 0.25) is 0 Å². The summed E-state index contributed by atoms with van der Waals surface area (Å²) in [5.41, 5.74) is 0.365. The van der Waals surface area contributed by atoms with E-state index in [4.69, 9.17) is 4.74 Å². The molecule has 1 heterocycles. The van der Waals surface area contributed by atoms with Crippen molar-refractivity contribution in [3.05, 3.63) is 35.1 Å². The zero-order valence-corrected chi connectivity index (χ0v) is 11.1. The van der Waals surface area contributed by atoms with E-state index in [1.807, 2.05) is 13.8 Å². The largest absolute Gasteiger partial charge is 0.373 e. The fourth-order valence-corrected chi connectivity index (χ4v) is 2.34. The smallest absolute Gasteiger partial charge is 0.194 e. The lowest BCUT2D eigenvalue weighted by atomic mass is 9.95. The molecular formula is C14H18F3NO. The van der Waals surface area contributed by atoms with Crippen LogP contribution in [-0.2, 0) is 4.74 Å². The molecule has 1 aliphatic heterocycles. The molecule has 2 rings (SSSR count). The molecule has 2 unspecified atom stereocenters. The van der Waals surface area contributed by atoms with Gasteiger partial charge in [-0.1, -0.05) is 13.8 Å². The molecule has 1 aromatic carbocycles. The zero-order valence-electron chi connectivity index (χ0n) is 11.1. The second kappa shape index (κ2) is 5.92. The number of hydrogen-bond acceptors (Lipinski definition) is 2. The SMILES string of the molecule is CC(C)NCC1CCOC1c1cc(F)c(F)c(F)c1. The molecule has 5 heteroatoms. The summed E-state index contributed by atoms with van der Waals surface area (Å²) in [6.07, 6.45) is 0.446. The van der Waals surface area contributed by atoms with E-state index >= 15 is 0 Å². The van der Waals surface area contributed by atoms with Crippen LogP contribution in [0, 0.1) is 23.4 Å². The highest BCUT2D eigenvalue weighted by Crippen LogP contribution is 2.35. The Bertz CT molecular complexity index is 427. The lowest BCUT2D eigenvalue weighted by Gasteiger charge is -2.21. The van der Waals surface area contributed by atoms with E-state index in [2.05, 4.69) is 5.32 Å². The molecule has 1 aliphatic rings. The van der Waals surface area contributed by atoms with Gasteiger partial charge in [-0.05, 0) is 24.1 Å². The van der Waals surface area contributed by atoms with Gasteiger partial charge < -0.3 is 10.1 Å². The van der Waals surface area contributed by atoms with Crippen molar-refractivity contribution < 1.29 is 17.9 Å². The van der Waals surface area contributed by atoms with Crippen LogP contribution in [0.1, 0.15) is 31.9 Å². The molecule has 0 aliphatic carbocycles. The van der Waals surface area contributed by atoms with Crippen molar-refractivity contribution in [2.45, 2.75) is 32.4 Å². The van der Waals surface area contributed by atoms with Crippen molar-refractivity contribution in [2.75, 3.05) is 13.2 Å². The normalized spacial score (nSPS) is 23.3. The van der Waals surface area contributed by atoms with Crippen molar-refractivity contribution in [3.63, 3.8) is 0 Å². The number of benzene rings is 1. The topological polar surface area (TPSA) is 21.3 Å². The van der Waals surface area contributed by atoms with Crippen LogP contribution in [0.3, 0.4) is 0 Å².